The second-order valence-electron chi connectivity index (χ2n) is 6.29. The van der Waals surface area contributed by atoms with Crippen molar-refractivity contribution in [1.82, 2.24) is 16.1 Å². The Kier molecular flexibility index (Phi) is 20.1. The summed E-state index contributed by atoms with van der Waals surface area (Å²) in [5.41, 5.74) is 1.99. The van der Waals surface area contributed by atoms with Crippen molar-refractivity contribution in [2.45, 2.75) is 31.8 Å². The zero-order valence-corrected chi connectivity index (χ0v) is 18.7. The molecule has 0 saturated carbocycles. The minimum atomic E-state index is -0.821. The van der Waals surface area contributed by atoms with E-state index in [1.165, 1.54) is 14.2 Å². The number of unbranched alkanes of at least 4 members (excludes halogenated alkanes) is 1. The molecule has 0 bridgehead atoms. The van der Waals surface area contributed by atoms with Crippen LogP contribution in [-0.4, -0.2) is 97.4 Å². The van der Waals surface area contributed by atoms with E-state index in [9.17, 15) is 19.2 Å². The van der Waals surface area contributed by atoms with Crippen LogP contribution >= 0.6 is 0 Å². The summed E-state index contributed by atoms with van der Waals surface area (Å²) >= 11 is 0. The van der Waals surface area contributed by atoms with Gasteiger partial charge in [0.15, 0.2) is 0 Å². The van der Waals surface area contributed by atoms with E-state index in [0.29, 0.717) is 45.6 Å². The Hall–Kier alpha value is -2.48. The molecule has 0 aromatic rings. The second-order valence-corrected chi connectivity index (χ2v) is 6.29. The molecular formula is C19H35N3O10. The number of ether oxygens (including phenoxy) is 5. The lowest BCUT2D eigenvalue weighted by atomic mass is 10.3. The molecule has 0 aliphatic carbocycles. The van der Waals surface area contributed by atoms with Crippen molar-refractivity contribution in [3.05, 3.63) is 0 Å². The zero-order valence-electron chi connectivity index (χ0n) is 18.7. The number of hydrogen-bond donors (Lipinski definition) is 3. The number of amides is 3. The van der Waals surface area contributed by atoms with Crippen LogP contribution < -0.4 is 16.1 Å². The van der Waals surface area contributed by atoms with Gasteiger partial charge in [0.1, 0.15) is 25.6 Å². The lowest BCUT2D eigenvalue weighted by Crippen LogP contribution is -2.35. The van der Waals surface area contributed by atoms with Gasteiger partial charge in [-0.1, -0.05) is 0 Å². The average molecular weight is 466 g/mol. The van der Waals surface area contributed by atoms with Crippen molar-refractivity contribution < 1.29 is 47.7 Å². The molecule has 13 heteroatoms. The van der Waals surface area contributed by atoms with Gasteiger partial charge in [-0.3, -0.25) is 9.63 Å². The molecule has 0 rings (SSSR count). The summed E-state index contributed by atoms with van der Waals surface area (Å²) < 4.78 is 25.6. The highest BCUT2D eigenvalue weighted by Gasteiger charge is 2.16. The van der Waals surface area contributed by atoms with Crippen molar-refractivity contribution >= 4 is 24.4 Å². The number of rotatable bonds is 20. The number of aldehydes is 1. The molecule has 0 fully saturated rings. The molecule has 0 aliphatic heterocycles. The normalized spacial score (nSPS) is 11.3. The minimum absolute atomic E-state index is 0.160. The van der Waals surface area contributed by atoms with E-state index in [2.05, 4.69) is 15.5 Å². The fourth-order valence-electron chi connectivity index (χ4n) is 2.11. The van der Waals surface area contributed by atoms with Crippen LogP contribution in [0.1, 0.15) is 25.7 Å². The van der Waals surface area contributed by atoms with Crippen LogP contribution in [0.15, 0.2) is 0 Å². The molecule has 1 unspecified atom stereocenters. The van der Waals surface area contributed by atoms with E-state index >= 15 is 0 Å². The van der Waals surface area contributed by atoms with Crippen LogP contribution in [0.5, 0.6) is 0 Å². The van der Waals surface area contributed by atoms with Crippen molar-refractivity contribution in [1.29, 1.82) is 0 Å². The molecule has 13 nitrogen and oxygen atoms in total. The predicted octanol–water partition coefficient (Wildman–Crippen LogP) is -0.0761. The first-order valence-electron chi connectivity index (χ1n) is 10.3. The third kappa shape index (κ3) is 19.5. The molecule has 0 heterocycles. The van der Waals surface area contributed by atoms with Crippen molar-refractivity contribution in [2.24, 2.45) is 0 Å². The number of methoxy groups -OCH3 is 1. The molecule has 0 aromatic carbocycles. The number of nitrogens with one attached hydrogen (secondary N) is 3. The molecular weight excluding hydrogens is 430 g/mol. The Labute approximate surface area is 187 Å². The highest BCUT2D eigenvalue weighted by molar-refractivity contribution is 5.75. The molecule has 0 aromatic heterocycles. The number of alkyl carbamates (subject to hydrolysis) is 1. The third-order valence-electron chi connectivity index (χ3n) is 3.64. The minimum Gasteiger partial charge on any atom is -0.447 e. The van der Waals surface area contributed by atoms with Gasteiger partial charge in [-0.2, -0.15) is 5.48 Å². The van der Waals surface area contributed by atoms with Gasteiger partial charge >= 0.3 is 12.2 Å². The second kappa shape index (κ2) is 21.7. The third-order valence-corrected chi connectivity index (χ3v) is 3.64. The highest BCUT2D eigenvalue weighted by atomic mass is 16.7. The van der Waals surface area contributed by atoms with E-state index < -0.39 is 18.3 Å². The monoisotopic (exact) mass is 465 g/mol. The Morgan fingerprint density at radius 3 is 2.28 bits per heavy atom. The van der Waals surface area contributed by atoms with Crippen LogP contribution in [-0.2, 0) is 38.1 Å². The quantitative estimate of drug-likeness (QED) is 0.126. The summed E-state index contributed by atoms with van der Waals surface area (Å²) in [6.07, 6.45) is 0.373. The van der Waals surface area contributed by atoms with Crippen molar-refractivity contribution in [3.63, 3.8) is 0 Å². The zero-order chi connectivity index (χ0) is 23.9. The van der Waals surface area contributed by atoms with Gasteiger partial charge in [-0.25, -0.2) is 9.59 Å². The lowest BCUT2D eigenvalue weighted by Gasteiger charge is -2.18. The fraction of sp³-hybridized carbons (Fsp3) is 0.789. The van der Waals surface area contributed by atoms with E-state index in [-0.39, 0.29) is 38.7 Å². The summed E-state index contributed by atoms with van der Waals surface area (Å²) in [5, 5.41) is 5.20. The molecule has 3 N–H and O–H groups in total. The summed E-state index contributed by atoms with van der Waals surface area (Å²) in [7, 11) is 2.76. The van der Waals surface area contributed by atoms with E-state index in [4.69, 9.17) is 23.7 Å². The van der Waals surface area contributed by atoms with E-state index in [1.807, 2.05) is 5.48 Å². The first-order chi connectivity index (χ1) is 15.5. The maximum atomic E-state index is 11.8. The molecule has 32 heavy (non-hydrogen) atoms. The van der Waals surface area contributed by atoms with Gasteiger partial charge in [0.25, 0.3) is 0 Å². The standard InChI is InChI=1S/C19H35N3O10/c1-27-12-7-21-18(25)31-14-16(15-32-19(26)22-28-2)30-11-5-6-17(24)20-8-13-29-10-4-3-9-23/h9,16H,3-8,10-15H2,1-2H3,(H,20,24)(H,21,25)(H,22,26). The number of carbonyl (C=O) groups excluding carboxylic acids is 4. The van der Waals surface area contributed by atoms with Gasteiger partial charge in [-0.05, 0) is 12.8 Å². The average Bonchev–Trinajstić information content (AvgIpc) is 2.77. The van der Waals surface area contributed by atoms with Crippen LogP contribution in [0, 0.1) is 0 Å². The van der Waals surface area contributed by atoms with Crippen LogP contribution in [0.25, 0.3) is 0 Å². The van der Waals surface area contributed by atoms with Crippen LogP contribution in [0.4, 0.5) is 9.59 Å². The first kappa shape index (κ1) is 29.5. The van der Waals surface area contributed by atoms with Gasteiger partial charge in [0, 0.05) is 46.3 Å². The van der Waals surface area contributed by atoms with Gasteiger partial charge in [0.2, 0.25) is 5.91 Å². The molecule has 1 atom stereocenters. The summed E-state index contributed by atoms with van der Waals surface area (Å²) in [5.74, 6) is -0.161. The van der Waals surface area contributed by atoms with Crippen LogP contribution in [0.3, 0.4) is 0 Å². The summed E-state index contributed by atoms with van der Waals surface area (Å²) in [4.78, 5) is 49.4. The predicted molar refractivity (Wildman–Crippen MR) is 111 cm³/mol. The number of carbonyl (C=O) groups is 4. The Morgan fingerprint density at radius 1 is 0.875 bits per heavy atom. The molecule has 0 saturated heterocycles. The number of hydrogen-bond acceptors (Lipinski definition) is 10. The maximum Gasteiger partial charge on any atom is 0.431 e. The Morgan fingerprint density at radius 2 is 1.59 bits per heavy atom. The lowest BCUT2D eigenvalue weighted by molar-refractivity contribution is -0.121. The first-order valence-corrected chi connectivity index (χ1v) is 10.3. The molecule has 3 amide bonds. The largest absolute Gasteiger partial charge is 0.447 e. The Bertz CT molecular complexity index is 522. The molecule has 0 spiro atoms. The highest BCUT2D eigenvalue weighted by Crippen LogP contribution is 2.00. The summed E-state index contributed by atoms with van der Waals surface area (Å²) in [6, 6.07) is 0. The fourth-order valence-corrected chi connectivity index (χ4v) is 2.11. The SMILES string of the molecule is COCCNC(=O)OCC(COC(=O)NOC)OCCCC(=O)NCCOCCCC=O. The van der Waals surface area contributed by atoms with Gasteiger partial charge < -0.3 is 39.1 Å². The van der Waals surface area contributed by atoms with E-state index in [0.717, 1.165) is 6.29 Å². The molecule has 186 valence electrons. The Balaban J connectivity index is 4.09. The topological polar surface area (TPSA) is 160 Å². The van der Waals surface area contributed by atoms with Gasteiger partial charge in [-0.15, -0.1) is 0 Å². The molecule has 0 radical (unpaired) electrons. The van der Waals surface area contributed by atoms with Crippen LogP contribution in [0.2, 0.25) is 0 Å². The van der Waals surface area contributed by atoms with Gasteiger partial charge in [0.05, 0.1) is 20.3 Å². The number of hydroxylamine groups is 1. The molecule has 0 aliphatic rings. The smallest absolute Gasteiger partial charge is 0.431 e. The van der Waals surface area contributed by atoms with E-state index in [1.54, 1.807) is 0 Å². The summed E-state index contributed by atoms with van der Waals surface area (Å²) in [6.45, 7) is 1.67. The van der Waals surface area contributed by atoms with Crippen molar-refractivity contribution in [3.8, 4) is 0 Å². The maximum absolute atomic E-state index is 11.8. The van der Waals surface area contributed by atoms with Crippen molar-refractivity contribution in [2.75, 3.05) is 67.0 Å².